The van der Waals surface area contributed by atoms with Gasteiger partial charge in [0.05, 0.1) is 0 Å². The molecule has 0 unspecified atom stereocenters. The summed E-state index contributed by atoms with van der Waals surface area (Å²) in [5, 5.41) is 0. The van der Waals surface area contributed by atoms with E-state index in [0.717, 1.165) is 0 Å². The minimum Gasteiger partial charge on any atom is -1.00 e. The van der Waals surface area contributed by atoms with Crippen LogP contribution in [0.2, 0.25) is 0 Å². The number of nitrogens with zero attached hydrogens (tertiary/aromatic N) is 1. The number of pyridine rings is 1. The smallest absolute Gasteiger partial charge is 1.00 e. The summed E-state index contributed by atoms with van der Waals surface area (Å²) < 4.78 is 0. The Hall–Kier alpha value is 0.500. The van der Waals surface area contributed by atoms with Crippen molar-refractivity contribution in [2.45, 2.75) is 0 Å². The molecule has 8 heavy (non-hydrogen) atoms. The van der Waals surface area contributed by atoms with E-state index in [2.05, 4.69) is 4.98 Å². The zero-order chi connectivity index (χ0) is 4.24. The SMILES string of the molecule is S.[H-].[Na+].c1ccncc1. The summed E-state index contributed by atoms with van der Waals surface area (Å²) in [5.74, 6) is 0. The van der Waals surface area contributed by atoms with Crippen molar-refractivity contribution in [2.24, 2.45) is 0 Å². The number of aromatic nitrogens is 1. The van der Waals surface area contributed by atoms with Crippen LogP contribution in [0.5, 0.6) is 0 Å². The molecule has 0 radical (unpaired) electrons. The standard InChI is InChI=1S/C5H5N.Na.H2S.H/c1-2-4-6-5-3-1;;;/h1-5H;;1H2;/q;+1;;-1. The molecule has 40 valence electrons. The summed E-state index contributed by atoms with van der Waals surface area (Å²) >= 11 is 0. The summed E-state index contributed by atoms with van der Waals surface area (Å²) in [7, 11) is 0. The van der Waals surface area contributed by atoms with Gasteiger partial charge in [-0.2, -0.15) is 13.5 Å². The predicted molar refractivity (Wildman–Crippen MR) is 35.7 cm³/mol. The third-order valence-corrected chi connectivity index (χ3v) is 0.566. The Kier molecular flexibility index (Phi) is 10.6. The zero-order valence-electron chi connectivity index (χ0n) is 5.83. The molecule has 0 fully saturated rings. The van der Waals surface area contributed by atoms with Crippen molar-refractivity contribution in [1.29, 1.82) is 0 Å². The number of rotatable bonds is 0. The van der Waals surface area contributed by atoms with Crippen molar-refractivity contribution in [2.75, 3.05) is 0 Å². The molecule has 1 rings (SSSR count). The van der Waals surface area contributed by atoms with Crippen molar-refractivity contribution in [3.63, 3.8) is 0 Å². The molecule has 0 aliphatic heterocycles. The molecule has 0 atom stereocenters. The Morgan fingerprint density at radius 3 is 1.62 bits per heavy atom. The van der Waals surface area contributed by atoms with E-state index in [1.165, 1.54) is 0 Å². The first-order valence-corrected chi connectivity index (χ1v) is 1.85. The fraction of sp³-hybridized carbons (Fsp3) is 0. The van der Waals surface area contributed by atoms with E-state index in [1.54, 1.807) is 12.4 Å². The van der Waals surface area contributed by atoms with Crippen molar-refractivity contribution < 1.29 is 31.0 Å². The number of hydrogen-bond acceptors (Lipinski definition) is 1. The van der Waals surface area contributed by atoms with Gasteiger partial charge in [-0.3, -0.25) is 4.98 Å². The van der Waals surface area contributed by atoms with Gasteiger partial charge in [-0.25, -0.2) is 0 Å². The van der Waals surface area contributed by atoms with Crippen LogP contribution < -0.4 is 29.6 Å². The quantitative estimate of drug-likeness (QED) is 0.389. The molecule has 3 heteroatoms. The molecule has 1 nitrogen and oxygen atoms in total. The van der Waals surface area contributed by atoms with Crippen LogP contribution in [0.15, 0.2) is 30.6 Å². The monoisotopic (exact) mass is 137 g/mol. The Balaban J connectivity index is -0.000000120. The van der Waals surface area contributed by atoms with E-state index in [-0.39, 0.29) is 44.5 Å². The van der Waals surface area contributed by atoms with Gasteiger partial charge in [-0.05, 0) is 12.1 Å². The Morgan fingerprint density at radius 2 is 1.50 bits per heavy atom. The van der Waals surface area contributed by atoms with E-state index >= 15 is 0 Å². The van der Waals surface area contributed by atoms with Crippen LogP contribution in [-0.2, 0) is 0 Å². The average Bonchev–Trinajstić information content (AvgIpc) is 1.72. The second-order valence-corrected chi connectivity index (χ2v) is 1.02. The Bertz CT molecular complexity index is 88.9. The van der Waals surface area contributed by atoms with Crippen LogP contribution in [0.1, 0.15) is 1.43 Å². The Morgan fingerprint density at radius 1 is 1.00 bits per heavy atom. The summed E-state index contributed by atoms with van der Waals surface area (Å²) in [6, 6.07) is 5.72. The molecule has 1 heterocycles. The third-order valence-electron chi connectivity index (χ3n) is 0.566. The van der Waals surface area contributed by atoms with Crippen LogP contribution in [0.3, 0.4) is 0 Å². The first-order valence-electron chi connectivity index (χ1n) is 1.85. The molecule has 0 N–H and O–H groups in total. The molecule has 0 aliphatic carbocycles. The molecule has 0 amide bonds. The summed E-state index contributed by atoms with van der Waals surface area (Å²) in [6.07, 6.45) is 3.50. The van der Waals surface area contributed by atoms with Gasteiger partial charge in [0.2, 0.25) is 0 Å². The van der Waals surface area contributed by atoms with Gasteiger partial charge >= 0.3 is 29.6 Å². The molecule has 0 aromatic carbocycles. The van der Waals surface area contributed by atoms with E-state index in [9.17, 15) is 0 Å². The van der Waals surface area contributed by atoms with Gasteiger partial charge in [0.1, 0.15) is 0 Å². The summed E-state index contributed by atoms with van der Waals surface area (Å²) in [5.41, 5.74) is 0. The molecular formula is C5H8NNaS. The largest absolute Gasteiger partial charge is 1.00 e. The van der Waals surface area contributed by atoms with E-state index in [1.807, 2.05) is 18.2 Å². The van der Waals surface area contributed by atoms with Crippen LogP contribution in [0.4, 0.5) is 0 Å². The molecule has 1 aromatic heterocycles. The van der Waals surface area contributed by atoms with Crippen molar-refractivity contribution in [3.8, 4) is 0 Å². The third kappa shape index (κ3) is 4.65. The van der Waals surface area contributed by atoms with Crippen LogP contribution >= 0.6 is 13.5 Å². The molecule has 1 aromatic rings. The summed E-state index contributed by atoms with van der Waals surface area (Å²) in [6.45, 7) is 0. The van der Waals surface area contributed by atoms with Crippen molar-refractivity contribution in [3.05, 3.63) is 30.6 Å². The van der Waals surface area contributed by atoms with E-state index in [4.69, 9.17) is 0 Å². The van der Waals surface area contributed by atoms with Crippen LogP contribution in [0.25, 0.3) is 0 Å². The molecular weight excluding hydrogens is 129 g/mol. The Labute approximate surface area is 79.7 Å². The van der Waals surface area contributed by atoms with Crippen molar-refractivity contribution >= 4 is 13.5 Å². The predicted octanol–water partition coefficient (Wildman–Crippen LogP) is -1.69. The van der Waals surface area contributed by atoms with Crippen LogP contribution in [0, 0.1) is 0 Å². The maximum absolute atomic E-state index is 3.78. The fourth-order valence-corrected chi connectivity index (χ4v) is 0.313. The second-order valence-electron chi connectivity index (χ2n) is 1.02. The van der Waals surface area contributed by atoms with Gasteiger partial charge in [0, 0.05) is 12.4 Å². The minimum absolute atomic E-state index is 0. The maximum Gasteiger partial charge on any atom is 1.00 e. The van der Waals surface area contributed by atoms with E-state index < -0.39 is 0 Å². The maximum atomic E-state index is 3.78. The van der Waals surface area contributed by atoms with Crippen LogP contribution in [-0.4, -0.2) is 4.98 Å². The first-order chi connectivity index (χ1) is 3.00. The van der Waals surface area contributed by atoms with Gasteiger partial charge in [-0.1, -0.05) is 6.07 Å². The van der Waals surface area contributed by atoms with Gasteiger partial charge in [-0.15, -0.1) is 0 Å². The zero-order valence-corrected chi connectivity index (χ0v) is 7.83. The molecule has 0 bridgehead atoms. The minimum atomic E-state index is 0. The van der Waals surface area contributed by atoms with Gasteiger partial charge in [0.15, 0.2) is 0 Å². The second kappa shape index (κ2) is 7.50. The van der Waals surface area contributed by atoms with E-state index in [0.29, 0.717) is 0 Å². The number of hydrogen-bond donors (Lipinski definition) is 0. The van der Waals surface area contributed by atoms with Gasteiger partial charge < -0.3 is 1.43 Å². The molecule has 0 aliphatic rings. The first kappa shape index (κ1) is 11.3. The summed E-state index contributed by atoms with van der Waals surface area (Å²) in [4.78, 5) is 3.78. The molecule has 0 saturated heterocycles. The van der Waals surface area contributed by atoms with Gasteiger partial charge in [0.25, 0.3) is 0 Å². The topological polar surface area (TPSA) is 12.9 Å². The van der Waals surface area contributed by atoms with Crippen molar-refractivity contribution in [1.82, 2.24) is 4.98 Å². The normalized spacial score (nSPS) is 6.00. The molecule has 0 spiro atoms. The average molecular weight is 137 g/mol. The fourth-order valence-electron chi connectivity index (χ4n) is 0.313. The molecule has 0 saturated carbocycles.